The van der Waals surface area contributed by atoms with Crippen molar-refractivity contribution in [1.82, 2.24) is 19.5 Å². The number of ether oxygens (including phenoxy) is 1. The molecule has 0 aromatic carbocycles. The summed E-state index contributed by atoms with van der Waals surface area (Å²) in [5.41, 5.74) is 2.19. The molecule has 3 aromatic rings. The van der Waals surface area contributed by atoms with Crippen LogP contribution in [0.25, 0.3) is 16.7 Å². The number of hydrogen-bond acceptors (Lipinski definition) is 4. The fourth-order valence-electron chi connectivity index (χ4n) is 2.08. The van der Waals surface area contributed by atoms with Gasteiger partial charge in [-0.15, -0.1) is 0 Å². The van der Waals surface area contributed by atoms with Gasteiger partial charge >= 0.3 is 0 Å². The summed E-state index contributed by atoms with van der Waals surface area (Å²) in [5.74, 6) is 0.544. The van der Waals surface area contributed by atoms with Crippen molar-refractivity contribution in [3.63, 3.8) is 0 Å². The molecule has 0 aliphatic heterocycles. The number of aromatic amines is 1. The minimum atomic E-state index is -0.136. The number of H-pyrrole nitrogens is 1. The van der Waals surface area contributed by atoms with Gasteiger partial charge in [0.2, 0.25) is 5.88 Å². The van der Waals surface area contributed by atoms with Gasteiger partial charge in [0.15, 0.2) is 5.65 Å². The average Bonchev–Trinajstić information content (AvgIpc) is 2.78. The molecule has 1 N–H and O–H groups in total. The number of fused-ring (bicyclic) bond motifs is 1. The first kappa shape index (κ1) is 11.5. The van der Waals surface area contributed by atoms with E-state index < -0.39 is 0 Å². The highest BCUT2D eigenvalue weighted by molar-refractivity contribution is 5.80. The molecular weight excluding hydrogens is 244 g/mol. The summed E-state index contributed by atoms with van der Waals surface area (Å²) in [6.45, 7) is 1.88. The van der Waals surface area contributed by atoms with Crippen LogP contribution in [0.3, 0.4) is 0 Å². The van der Waals surface area contributed by atoms with Gasteiger partial charge in [0.1, 0.15) is 0 Å². The molecule has 0 saturated heterocycles. The Morgan fingerprint density at radius 3 is 2.84 bits per heavy atom. The lowest BCUT2D eigenvalue weighted by molar-refractivity contribution is 0.398. The molecule has 0 unspecified atom stereocenters. The fraction of sp³-hybridized carbons (Fsp3) is 0.154. The Balaban J connectivity index is 2.25. The normalized spacial score (nSPS) is 10.8. The third-order valence-electron chi connectivity index (χ3n) is 2.99. The molecule has 0 aliphatic rings. The van der Waals surface area contributed by atoms with Gasteiger partial charge in [0, 0.05) is 12.3 Å². The Hall–Kier alpha value is -2.63. The van der Waals surface area contributed by atoms with E-state index in [0.717, 1.165) is 11.3 Å². The molecule has 3 heterocycles. The van der Waals surface area contributed by atoms with E-state index in [1.54, 1.807) is 19.4 Å². The fourth-order valence-corrected chi connectivity index (χ4v) is 2.08. The largest absolute Gasteiger partial charge is 0.481 e. The predicted molar refractivity (Wildman–Crippen MR) is 70.8 cm³/mol. The van der Waals surface area contributed by atoms with Crippen molar-refractivity contribution in [3.05, 3.63) is 46.8 Å². The number of nitrogens with one attached hydrogen (secondary N) is 1. The molecule has 0 bridgehead atoms. The second kappa shape index (κ2) is 4.24. The highest BCUT2D eigenvalue weighted by atomic mass is 16.5. The number of pyridine rings is 1. The van der Waals surface area contributed by atoms with Crippen LogP contribution >= 0.6 is 0 Å². The standard InChI is InChI=1S/C13H12N4O2/c1-8-6-17(9-3-4-10(19-2)14-5-9)12-11(8)13(18)16-7-15-12/h3-7H,1-2H3,(H,15,16,18). The molecule has 0 aliphatic carbocycles. The van der Waals surface area contributed by atoms with Crippen molar-refractivity contribution in [1.29, 1.82) is 0 Å². The van der Waals surface area contributed by atoms with Gasteiger partial charge in [-0.3, -0.25) is 9.36 Å². The number of aromatic nitrogens is 4. The highest BCUT2D eigenvalue weighted by Gasteiger charge is 2.11. The Kier molecular flexibility index (Phi) is 2.56. The maximum Gasteiger partial charge on any atom is 0.260 e. The van der Waals surface area contributed by atoms with Crippen molar-refractivity contribution in [2.75, 3.05) is 7.11 Å². The van der Waals surface area contributed by atoms with Crippen LogP contribution in [-0.2, 0) is 0 Å². The average molecular weight is 256 g/mol. The SMILES string of the molecule is COc1ccc(-n2cc(C)c3c(=O)[nH]cnc32)cn1. The lowest BCUT2D eigenvalue weighted by atomic mass is 10.3. The second-order valence-electron chi connectivity index (χ2n) is 4.17. The Morgan fingerprint density at radius 1 is 1.32 bits per heavy atom. The lowest BCUT2D eigenvalue weighted by Crippen LogP contribution is -2.07. The summed E-state index contributed by atoms with van der Waals surface area (Å²) in [4.78, 5) is 22.8. The van der Waals surface area contributed by atoms with Crippen molar-refractivity contribution in [3.8, 4) is 11.6 Å². The smallest absolute Gasteiger partial charge is 0.260 e. The van der Waals surface area contributed by atoms with Crippen molar-refractivity contribution in [2.45, 2.75) is 6.92 Å². The van der Waals surface area contributed by atoms with Gasteiger partial charge < -0.3 is 9.72 Å². The molecule has 3 rings (SSSR count). The summed E-state index contributed by atoms with van der Waals surface area (Å²) in [7, 11) is 1.57. The van der Waals surface area contributed by atoms with Gasteiger partial charge in [-0.05, 0) is 18.6 Å². The number of methoxy groups -OCH3 is 1. The maximum atomic E-state index is 11.8. The zero-order valence-corrected chi connectivity index (χ0v) is 10.5. The predicted octanol–water partition coefficient (Wildman–Crippen LogP) is 1.43. The summed E-state index contributed by atoms with van der Waals surface area (Å²) in [6, 6.07) is 3.64. The zero-order chi connectivity index (χ0) is 13.4. The molecule has 0 saturated carbocycles. The Bertz CT molecular complexity index is 787. The Morgan fingerprint density at radius 2 is 2.16 bits per heavy atom. The minimum absolute atomic E-state index is 0.136. The van der Waals surface area contributed by atoms with Crippen LogP contribution in [0, 0.1) is 6.92 Å². The van der Waals surface area contributed by atoms with Gasteiger partial charge in [0.25, 0.3) is 5.56 Å². The van der Waals surface area contributed by atoms with Crippen LogP contribution in [0.15, 0.2) is 35.6 Å². The van der Waals surface area contributed by atoms with Crippen LogP contribution in [0.4, 0.5) is 0 Å². The number of rotatable bonds is 2. The first-order valence-electron chi connectivity index (χ1n) is 5.76. The van der Waals surface area contributed by atoms with Crippen molar-refractivity contribution >= 4 is 11.0 Å². The number of nitrogens with zero attached hydrogens (tertiary/aromatic N) is 3. The van der Waals surface area contributed by atoms with Crippen molar-refractivity contribution in [2.24, 2.45) is 0 Å². The van der Waals surface area contributed by atoms with E-state index in [-0.39, 0.29) is 5.56 Å². The quantitative estimate of drug-likeness (QED) is 0.752. The lowest BCUT2D eigenvalue weighted by Gasteiger charge is -2.04. The van der Waals surface area contributed by atoms with E-state index in [1.807, 2.05) is 23.8 Å². The Labute approximate surface area is 108 Å². The summed E-state index contributed by atoms with van der Waals surface area (Å²) in [6.07, 6.45) is 4.95. The first-order valence-corrected chi connectivity index (χ1v) is 5.76. The first-order chi connectivity index (χ1) is 9.20. The van der Waals surface area contributed by atoms with Crippen LogP contribution in [-0.4, -0.2) is 26.6 Å². The van der Waals surface area contributed by atoms with E-state index in [9.17, 15) is 4.79 Å². The molecule has 6 nitrogen and oxygen atoms in total. The summed E-state index contributed by atoms with van der Waals surface area (Å²) < 4.78 is 6.87. The van der Waals surface area contributed by atoms with Crippen LogP contribution in [0.2, 0.25) is 0 Å². The van der Waals surface area contributed by atoms with E-state index in [4.69, 9.17) is 4.74 Å². The third-order valence-corrected chi connectivity index (χ3v) is 2.99. The van der Waals surface area contributed by atoms with E-state index in [2.05, 4.69) is 15.0 Å². The molecule has 3 aromatic heterocycles. The van der Waals surface area contributed by atoms with Crippen LogP contribution in [0.5, 0.6) is 5.88 Å². The van der Waals surface area contributed by atoms with E-state index in [1.165, 1.54) is 6.33 Å². The highest BCUT2D eigenvalue weighted by Crippen LogP contribution is 2.20. The molecule has 0 atom stereocenters. The van der Waals surface area contributed by atoms with E-state index in [0.29, 0.717) is 16.9 Å². The van der Waals surface area contributed by atoms with Crippen LogP contribution < -0.4 is 10.3 Å². The zero-order valence-electron chi connectivity index (χ0n) is 10.5. The number of hydrogen-bond donors (Lipinski definition) is 1. The molecule has 6 heteroatoms. The summed E-state index contributed by atoms with van der Waals surface area (Å²) >= 11 is 0. The van der Waals surface area contributed by atoms with Gasteiger partial charge in [-0.2, -0.15) is 0 Å². The molecular formula is C13H12N4O2. The maximum absolute atomic E-state index is 11.8. The molecule has 0 radical (unpaired) electrons. The minimum Gasteiger partial charge on any atom is -0.481 e. The summed E-state index contributed by atoms with van der Waals surface area (Å²) in [5, 5.41) is 0.596. The molecule has 0 spiro atoms. The second-order valence-corrected chi connectivity index (χ2v) is 4.17. The topological polar surface area (TPSA) is 72.8 Å². The monoisotopic (exact) mass is 256 g/mol. The van der Waals surface area contributed by atoms with Gasteiger partial charge in [0.05, 0.1) is 30.7 Å². The van der Waals surface area contributed by atoms with Crippen LogP contribution in [0.1, 0.15) is 5.56 Å². The van der Waals surface area contributed by atoms with E-state index >= 15 is 0 Å². The molecule has 0 amide bonds. The van der Waals surface area contributed by atoms with Gasteiger partial charge in [-0.1, -0.05) is 0 Å². The van der Waals surface area contributed by atoms with Crippen molar-refractivity contribution < 1.29 is 4.74 Å². The molecule has 19 heavy (non-hydrogen) atoms. The number of aryl methyl sites for hydroxylation is 1. The molecule has 0 fully saturated rings. The molecule has 96 valence electrons. The van der Waals surface area contributed by atoms with Gasteiger partial charge in [-0.25, -0.2) is 9.97 Å². The third kappa shape index (κ3) is 1.77.